The van der Waals surface area contributed by atoms with E-state index < -0.39 is 5.41 Å². The highest BCUT2D eigenvalue weighted by Crippen LogP contribution is 2.55. The summed E-state index contributed by atoms with van der Waals surface area (Å²) in [5.74, 6) is -0.101. The van der Waals surface area contributed by atoms with Crippen molar-refractivity contribution in [1.29, 1.82) is 0 Å². The van der Waals surface area contributed by atoms with Gasteiger partial charge in [0.15, 0.2) is 0 Å². The quantitative estimate of drug-likeness (QED) is 0.501. The van der Waals surface area contributed by atoms with Crippen molar-refractivity contribution < 1.29 is 9.53 Å². The lowest BCUT2D eigenvalue weighted by Gasteiger charge is -2.51. The van der Waals surface area contributed by atoms with Gasteiger partial charge in [0.1, 0.15) is 0 Å². The predicted octanol–water partition coefficient (Wildman–Crippen LogP) is 4.98. The second-order valence-electron chi connectivity index (χ2n) is 6.98. The summed E-state index contributed by atoms with van der Waals surface area (Å²) in [5.41, 5.74) is 0.488. The van der Waals surface area contributed by atoms with E-state index in [1.54, 1.807) is 0 Å². The molecule has 0 atom stereocenters. The van der Waals surface area contributed by atoms with Crippen molar-refractivity contribution in [3.05, 3.63) is 11.6 Å². The Labute approximate surface area is 119 Å². The number of rotatable bonds is 6. The van der Waals surface area contributed by atoms with Gasteiger partial charge in [-0.1, -0.05) is 46.3 Å². The molecular weight excluding hydrogens is 236 g/mol. The second-order valence-corrected chi connectivity index (χ2v) is 6.98. The summed E-state index contributed by atoms with van der Waals surface area (Å²) >= 11 is 0. The molecule has 0 heterocycles. The van der Waals surface area contributed by atoms with E-state index in [1.165, 1.54) is 5.57 Å². The Hall–Kier alpha value is -0.790. The number of allylic oxidation sites excluding steroid dienone is 2. The lowest BCUT2D eigenvalue weighted by atomic mass is 9.52. The standard InChI is InChI=1S/C17H32O2/c1-10-12-19-14(18)16(6,7)17(8,9)15(4,5)13(3)11-2/h11H,10,12H2,1-9H3/b13-11+. The summed E-state index contributed by atoms with van der Waals surface area (Å²) < 4.78 is 5.39. The molecular formula is C17H32O2. The summed E-state index contributed by atoms with van der Waals surface area (Å²) in [6.45, 7) is 19.4. The number of carbonyl (C=O) groups excluding carboxylic acids is 1. The zero-order chi connectivity index (χ0) is 15.5. The van der Waals surface area contributed by atoms with Crippen LogP contribution >= 0.6 is 0 Å². The van der Waals surface area contributed by atoms with Crippen molar-refractivity contribution >= 4 is 5.97 Å². The molecule has 0 saturated heterocycles. The Bertz CT molecular complexity index is 346. The van der Waals surface area contributed by atoms with Crippen LogP contribution in [0.2, 0.25) is 0 Å². The normalized spacial score (nSPS) is 14.5. The average Bonchev–Trinajstić information content (AvgIpc) is 2.33. The molecule has 0 aliphatic rings. The Morgan fingerprint density at radius 2 is 1.53 bits per heavy atom. The Kier molecular flexibility index (Phi) is 5.85. The summed E-state index contributed by atoms with van der Waals surface area (Å²) in [7, 11) is 0. The maximum Gasteiger partial charge on any atom is 0.312 e. The minimum atomic E-state index is -0.532. The Balaban J connectivity index is 5.44. The molecule has 0 unspecified atom stereocenters. The fourth-order valence-electron chi connectivity index (χ4n) is 2.27. The van der Waals surface area contributed by atoms with Crippen LogP contribution in [0, 0.1) is 16.2 Å². The van der Waals surface area contributed by atoms with Crippen LogP contribution in [0.4, 0.5) is 0 Å². The zero-order valence-electron chi connectivity index (χ0n) is 14.3. The minimum Gasteiger partial charge on any atom is -0.465 e. The molecule has 0 rings (SSSR count). The molecule has 0 aromatic carbocycles. The molecule has 0 saturated carbocycles. The minimum absolute atomic E-state index is 0.0729. The van der Waals surface area contributed by atoms with Crippen molar-refractivity contribution in [2.24, 2.45) is 16.2 Å². The van der Waals surface area contributed by atoms with Crippen LogP contribution in [0.15, 0.2) is 11.6 Å². The summed E-state index contributed by atoms with van der Waals surface area (Å²) in [4.78, 5) is 12.4. The summed E-state index contributed by atoms with van der Waals surface area (Å²) in [5, 5.41) is 0. The van der Waals surface area contributed by atoms with E-state index in [4.69, 9.17) is 4.74 Å². The molecule has 0 N–H and O–H groups in total. The molecule has 0 radical (unpaired) electrons. The van der Waals surface area contributed by atoms with Crippen LogP contribution < -0.4 is 0 Å². The van der Waals surface area contributed by atoms with E-state index in [2.05, 4.69) is 47.6 Å². The molecule has 2 heteroatoms. The van der Waals surface area contributed by atoms with Crippen molar-refractivity contribution in [3.63, 3.8) is 0 Å². The van der Waals surface area contributed by atoms with Gasteiger partial charge in [0, 0.05) is 0 Å². The van der Waals surface area contributed by atoms with Gasteiger partial charge in [-0.25, -0.2) is 0 Å². The smallest absolute Gasteiger partial charge is 0.312 e. The van der Waals surface area contributed by atoms with E-state index >= 15 is 0 Å². The number of esters is 1. The highest BCUT2D eigenvalue weighted by atomic mass is 16.5. The van der Waals surface area contributed by atoms with Gasteiger partial charge in [-0.05, 0) is 44.9 Å². The molecule has 0 spiro atoms. The third kappa shape index (κ3) is 3.21. The van der Waals surface area contributed by atoms with Crippen molar-refractivity contribution in [1.82, 2.24) is 0 Å². The Morgan fingerprint density at radius 1 is 1.05 bits per heavy atom. The first-order valence-electron chi connectivity index (χ1n) is 7.27. The van der Waals surface area contributed by atoms with Crippen LogP contribution in [-0.2, 0) is 9.53 Å². The molecule has 0 amide bonds. The van der Waals surface area contributed by atoms with Crippen LogP contribution in [0.25, 0.3) is 0 Å². The van der Waals surface area contributed by atoms with Crippen molar-refractivity contribution in [3.8, 4) is 0 Å². The van der Waals surface area contributed by atoms with E-state index in [0.29, 0.717) is 6.61 Å². The molecule has 0 fully saturated rings. The monoisotopic (exact) mass is 268 g/mol. The lowest BCUT2D eigenvalue weighted by molar-refractivity contribution is -0.166. The van der Waals surface area contributed by atoms with Gasteiger partial charge >= 0.3 is 5.97 Å². The first-order valence-corrected chi connectivity index (χ1v) is 7.27. The van der Waals surface area contributed by atoms with Gasteiger partial charge in [0.2, 0.25) is 0 Å². The summed E-state index contributed by atoms with van der Waals surface area (Å²) in [6.07, 6.45) is 2.99. The molecule has 19 heavy (non-hydrogen) atoms. The van der Waals surface area contributed by atoms with Gasteiger partial charge < -0.3 is 4.74 Å². The van der Waals surface area contributed by atoms with E-state index in [9.17, 15) is 4.79 Å². The predicted molar refractivity (Wildman–Crippen MR) is 82.0 cm³/mol. The molecule has 2 nitrogen and oxygen atoms in total. The zero-order valence-corrected chi connectivity index (χ0v) is 14.3. The number of ether oxygens (including phenoxy) is 1. The fourth-order valence-corrected chi connectivity index (χ4v) is 2.27. The molecule has 0 aliphatic heterocycles. The molecule has 0 bridgehead atoms. The average molecular weight is 268 g/mol. The van der Waals surface area contributed by atoms with Crippen LogP contribution in [0.3, 0.4) is 0 Å². The number of carbonyl (C=O) groups is 1. The van der Waals surface area contributed by atoms with E-state index in [0.717, 1.165) is 6.42 Å². The number of hydrogen-bond acceptors (Lipinski definition) is 2. The van der Waals surface area contributed by atoms with Crippen molar-refractivity contribution in [2.75, 3.05) is 6.61 Å². The second kappa shape index (κ2) is 6.11. The fraction of sp³-hybridized carbons (Fsp3) is 0.824. The first-order chi connectivity index (χ1) is 8.46. The van der Waals surface area contributed by atoms with Crippen LogP contribution in [0.1, 0.15) is 68.7 Å². The topological polar surface area (TPSA) is 26.3 Å². The number of hydrogen-bond donors (Lipinski definition) is 0. The lowest BCUT2D eigenvalue weighted by Crippen LogP contribution is -2.50. The third-order valence-corrected chi connectivity index (χ3v) is 5.49. The van der Waals surface area contributed by atoms with Crippen LogP contribution in [-0.4, -0.2) is 12.6 Å². The molecule has 0 aromatic heterocycles. The highest BCUT2D eigenvalue weighted by molar-refractivity contribution is 5.77. The highest BCUT2D eigenvalue weighted by Gasteiger charge is 2.53. The van der Waals surface area contributed by atoms with Gasteiger partial charge in [-0.3, -0.25) is 4.79 Å². The summed E-state index contributed by atoms with van der Waals surface area (Å²) in [6, 6.07) is 0. The van der Waals surface area contributed by atoms with Gasteiger partial charge in [-0.2, -0.15) is 0 Å². The van der Waals surface area contributed by atoms with E-state index in [-0.39, 0.29) is 16.8 Å². The van der Waals surface area contributed by atoms with E-state index in [1.807, 2.05) is 20.8 Å². The van der Waals surface area contributed by atoms with Crippen molar-refractivity contribution in [2.45, 2.75) is 68.7 Å². The molecule has 112 valence electrons. The first kappa shape index (κ1) is 18.2. The van der Waals surface area contributed by atoms with Gasteiger partial charge in [0.05, 0.1) is 12.0 Å². The Morgan fingerprint density at radius 3 is 1.89 bits per heavy atom. The van der Waals surface area contributed by atoms with Gasteiger partial charge in [-0.15, -0.1) is 0 Å². The third-order valence-electron chi connectivity index (χ3n) is 5.49. The molecule has 0 aliphatic carbocycles. The molecule has 0 aromatic rings. The van der Waals surface area contributed by atoms with Crippen LogP contribution in [0.5, 0.6) is 0 Å². The maximum atomic E-state index is 12.4. The SMILES string of the molecule is C/C=C(\C)C(C)(C)C(C)(C)C(C)(C)C(=O)OCCC. The maximum absolute atomic E-state index is 12.4. The van der Waals surface area contributed by atoms with Gasteiger partial charge in [0.25, 0.3) is 0 Å². The largest absolute Gasteiger partial charge is 0.465 e.